The molecule has 0 spiro atoms. The molecule has 3 heterocycles. The molecule has 0 aliphatic rings. The summed E-state index contributed by atoms with van der Waals surface area (Å²) in [5.74, 6) is -0.478. The van der Waals surface area contributed by atoms with Crippen molar-refractivity contribution in [1.29, 1.82) is 0 Å². The highest BCUT2D eigenvalue weighted by Gasteiger charge is 2.23. The Morgan fingerprint density at radius 1 is 1.19 bits per heavy atom. The van der Waals surface area contributed by atoms with E-state index in [1.54, 1.807) is 34.9 Å². The van der Waals surface area contributed by atoms with E-state index in [-0.39, 0.29) is 23.0 Å². The van der Waals surface area contributed by atoms with Crippen LogP contribution in [0.4, 0.5) is 9.39 Å². The number of ether oxygens (including phenoxy) is 1. The monoisotopic (exact) mass is 556 g/mol. The van der Waals surface area contributed by atoms with Crippen LogP contribution in [-0.4, -0.2) is 39.5 Å². The number of carbonyl (C=O) groups is 2. The quantitative estimate of drug-likeness (QED) is 0.128. The second-order valence-corrected chi connectivity index (χ2v) is 10.8. The Kier molecular flexibility index (Phi) is 8.91. The van der Waals surface area contributed by atoms with E-state index in [0.29, 0.717) is 27.8 Å². The summed E-state index contributed by atoms with van der Waals surface area (Å²) in [6.07, 6.45) is 3.85. The Labute approximate surface area is 226 Å². The van der Waals surface area contributed by atoms with Crippen LogP contribution in [0, 0.1) is 5.82 Å². The molecule has 0 aliphatic heterocycles. The van der Waals surface area contributed by atoms with Gasteiger partial charge in [-0.25, -0.2) is 9.18 Å². The third-order valence-corrected chi connectivity index (χ3v) is 8.22. The number of aryl methyl sites for hydroxylation is 1. The van der Waals surface area contributed by atoms with Gasteiger partial charge in [0.25, 0.3) is 0 Å². The number of nitrogens with zero attached hydrogens (tertiary/aromatic N) is 3. The molecule has 0 aliphatic carbocycles. The number of methoxy groups -OCH3 is 1. The number of aromatic nitrogens is 3. The highest BCUT2D eigenvalue weighted by atomic mass is 32.2. The number of thiophene rings is 2. The predicted molar refractivity (Wildman–Crippen MR) is 148 cm³/mol. The summed E-state index contributed by atoms with van der Waals surface area (Å²) in [4.78, 5) is 26.7. The summed E-state index contributed by atoms with van der Waals surface area (Å²) in [6, 6.07) is 7.92. The lowest BCUT2D eigenvalue weighted by Gasteiger charge is -2.09. The van der Waals surface area contributed by atoms with Crippen molar-refractivity contribution in [2.45, 2.75) is 31.5 Å². The van der Waals surface area contributed by atoms with Crippen LogP contribution in [0.15, 0.2) is 58.9 Å². The van der Waals surface area contributed by atoms with Crippen LogP contribution in [0.1, 0.15) is 28.6 Å². The number of allylic oxidation sites excluding steroid dienone is 1. The molecule has 3 aromatic heterocycles. The van der Waals surface area contributed by atoms with Gasteiger partial charge < -0.3 is 10.1 Å². The third-order valence-electron chi connectivity index (χ3n) is 5.36. The van der Waals surface area contributed by atoms with Gasteiger partial charge in [-0.1, -0.05) is 43.3 Å². The number of carbonyl (C=O) groups excluding carboxylic acids is 2. The predicted octanol–water partition coefficient (Wildman–Crippen LogP) is 6.53. The minimum absolute atomic E-state index is 0.0599. The number of esters is 1. The molecule has 7 nitrogen and oxygen atoms in total. The smallest absolute Gasteiger partial charge is 0.341 e. The van der Waals surface area contributed by atoms with Gasteiger partial charge in [-0.3, -0.25) is 9.36 Å². The molecule has 0 radical (unpaired) electrons. The van der Waals surface area contributed by atoms with Gasteiger partial charge in [0.05, 0.1) is 12.9 Å². The number of anilines is 1. The normalized spacial score (nSPS) is 10.9. The zero-order valence-corrected chi connectivity index (χ0v) is 22.8. The van der Waals surface area contributed by atoms with Crippen molar-refractivity contribution < 1.29 is 18.7 Å². The van der Waals surface area contributed by atoms with Crippen molar-refractivity contribution in [2.75, 3.05) is 18.2 Å². The molecular weight excluding hydrogens is 532 g/mol. The maximum absolute atomic E-state index is 13.4. The average Bonchev–Trinajstić information content (AvgIpc) is 3.62. The summed E-state index contributed by atoms with van der Waals surface area (Å²) in [5.41, 5.74) is 2.44. The third kappa shape index (κ3) is 6.17. The zero-order valence-electron chi connectivity index (χ0n) is 20.3. The molecule has 11 heteroatoms. The van der Waals surface area contributed by atoms with Crippen molar-refractivity contribution in [2.24, 2.45) is 0 Å². The van der Waals surface area contributed by atoms with Crippen LogP contribution in [0.5, 0.6) is 0 Å². The van der Waals surface area contributed by atoms with Crippen LogP contribution < -0.4 is 5.32 Å². The first kappa shape index (κ1) is 26.8. The SMILES string of the molecule is C=CCn1c(SCC(=O)Nc2scc(-c3ccc(F)cc3)c2C(=O)OC)nnc1-c1csc(CCC)c1. The van der Waals surface area contributed by atoms with E-state index in [4.69, 9.17) is 4.74 Å². The zero-order chi connectivity index (χ0) is 26.4. The molecule has 1 amide bonds. The Hall–Kier alpha value is -3.28. The van der Waals surface area contributed by atoms with Crippen molar-refractivity contribution in [3.05, 3.63) is 70.0 Å². The molecule has 0 bridgehead atoms. The van der Waals surface area contributed by atoms with Gasteiger partial charge in [0.15, 0.2) is 11.0 Å². The molecule has 4 aromatic rings. The van der Waals surface area contributed by atoms with Gasteiger partial charge >= 0.3 is 5.97 Å². The number of hydrogen-bond acceptors (Lipinski definition) is 8. The molecular formula is C26H25FN4O3S3. The van der Waals surface area contributed by atoms with E-state index < -0.39 is 5.97 Å². The van der Waals surface area contributed by atoms with Gasteiger partial charge in [-0.15, -0.1) is 39.4 Å². The van der Waals surface area contributed by atoms with Gasteiger partial charge in [0, 0.05) is 33.3 Å². The Balaban J connectivity index is 1.50. The van der Waals surface area contributed by atoms with Crippen LogP contribution in [0.2, 0.25) is 0 Å². The highest BCUT2D eigenvalue weighted by Crippen LogP contribution is 2.36. The minimum Gasteiger partial charge on any atom is -0.465 e. The van der Waals surface area contributed by atoms with Crippen LogP contribution in [0.25, 0.3) is 22.5 Å². The lowest BCUT2D eigenvalue weighted by Crippen LogP contribution is -2.16. The number of benzene rings is 1. The van der Waals surface area contributed by atoms with Crippen LogP contribution in [-0.2, 0) is 22.5 Å². The molecule has 37 heavy (non-hydrogen) atoms. The molecule has 0 unspecified atom stereocenters. The summed E-state index contributed by atoms with van der Waals surface area (Å²) >= 11 is 4.16. The molecule has 1 N–H and O–H groups in total. The number of nitrogens with one attached hydrogen (secondary N) is 1. The Bertz CT molecular complexity index is 1410. The van der Waals surface area contributed by atoms with E-state index >= 15 is 0 Å². The van der Waals surface area contributed by atoms with E-state index in [0.717, 1.165) is 24.2 Å². The second kappa shape index (κ2) is 12.3. The highest BCUT2D eigenvalue weighted by molar-refractivity contribution is 7.99. The standard InChI is InChI=1S/C26H25FN4O3S3/c1-4-6-19-12-17(13-35-19)23-29-30-26(31(23)11-5-2)37-15-21(32)28-24-22(25(33)34-3)20(14-36-24)16-7-9-18(27)10-8-16/h5,7-10,12-14H,2,4,6,11,15H2,1,3H3,(H,28,32). The van der Waals surface area contributed by atoms with Gasteiger partial charge in [-0.05, 0) is 30.2 Å². The fraction of sp³-hybridized carbons (Fsp3) is 0.231. The van der Waals surface area contributed by atoms with E-state index in [1.807, 2.05) is 4.57 Å². The average molecular weight is 557 g/mol. The first-order valence-electron chi connectivity index (χ1n) is 11.4. The molecule has 4 rings (SSSR count). The summed E-state index contributed by atoms with van der Waals surface area (Å²) in [7, 11) is 1.28. The van der Waals surface area contributed by atoms with Crippen LogP contribution in [0.3, 0.4) is 0 Å². The van der Waals surface area contributed by atoms with Crippen molar-refractivity contribution in [3.63, 3.8) is 0 Å². The first-order chi connectivity index (χ1) is 17.9. The minimum atomic E-state index is -0.586. The molecule has 0 atom stereocenters. The molecule has 0 saturated carbocycles. The number of halogens is 1. The first-order valence-corrected chi connectivity index (χ1v) is 14.2. The molecule has 0 saturated heterocycles. The van der Waals surface area contributed by atoms with E-state index in [1.165, 1.54) is 47.2 Å². The number of amides is 1. The summed E-state index contributed by atoms with van der Waals surface area (Å²) < 4.78 is 20.2. The second-order valence-electron chi connectivity index (χ2n) is 7.95. The maximum atomic E-state index is 13.4. The number of hydrogen-bond donors (Lipinski definition) is 1. The van der Waals surface area contributed by atoms with E-state index in [2.05, 4.69) is 40.5 Å². The van der Waals surface area contributed by atoms with Gasteiger partial charge in [0.1, 0.15) is 16.4 Å². The van der Waals surface area contributed by atoms with Crippen molar-refractivity contribution >= 4 is 51.3 Å². The largest absolute Gasteiger partial charge is 0.465 e. The summed E-state index contributed by atoms with van der Waals surface area (Å²) in [5, 5.41) is 16.3. The lowest BCUT2D eigenvalue weighted by atomic mass is 10.0. The number of rotatable bonds is 11. The Morgan fingerprint density at radius 3 is 2.68 bits per heavy atom. The molecule has 192 valence electrons. The van der Waals surface area contributed by atoms with Crippen molar-refractivity contribution in [1.82, 2.24) is 14.8 Å². The van der Waals surface area contributed by atoms with Crippen molar-refractivity contribution in [3.8, 4) is 22.5 Å². The maximum Gasteiger partial charge on any atom is 0.341 e. The van der Waals surface area contributed by atoms with Gasteiger partial charge in [0.2, 0.25) is 5.91 Å². The lowest BCUT2D eigenvalue weighted by molar-refractivity contribution is -0.113. The number of thioether (sulfide) groups is 1. The fourth-order valence-corrected chi connectivity index (χ4v) is 6.36. The summed E-state index contributed by atoms with van der Waals surface area (Å²) in [6.45, 7) is 6.49. The van der Waals surface area contributed by atoms with Gasteiger partial charge in [-0.2, -0.15) is 0 Å². The topological polar surface area (TPSA) is 86.1 Å². The molecule has 0 fully saturated rings. The Morgan fingerprint density at radius 2 is 1.97 bits per heavy atom. The van der Waals surface area contributed by atoms with Crippen LogP contribution >= 0.6 is 34.4 Å². The van der Waals surface area contributed by atoms with E-state index in [9.17, 15) is 14.0 Å². The molecule has 1 aromatic carbocycles. The fourth-order valence-electron chi connectivity index (χ4n) is 3.67.